The second kappa shape index (κ2) is 11.7. The van der Waals surface area contributed by atoms with Gasteiger partial charge in [-0.05, 0) is 48.5 Å². The Hall–Kier alpha value is -5.08. The Bertz CT molecular complexity index is 2330. The zero-order valence-corrected chi connectivity index (χ0v) is 27.6. The highest BCUT2D eigenvalue weighted by molar-refractivity contribution is 9.10. The van der Waals surface area contributed by atoms with Crippen molar-refractivity contribution in [2.24, 2.45) is 7.05 Å². The lowest BCUT2D eigenvalue weighted by molar-refractivity contribution is 0.102. The molecule has 0 aliphatic heterocycles. The van der Waals surface area contributed by atoms with Crippen molar-refractivity contribution in [2.45, 2.75) is 0 Å². The van der Waals surface area contributed by atoms with Gasteiger partial charge in [0.25, 0.3) is 5.91 Å². The highest BCUT2D eigenvalue weighted by atomic mass is 79.9. The van der Waals surface area contributed by atoms with E-state index in [1.54, 1.807) is 69.3 Å². The molecule has 46 heavy (non-hydrogen) atoms. The quantitative estimate of drug-likeness (QED) is 0.263. The fraction of sp³-hybridized carbons (Fsp3) is 0.161. The van der Waals surface area contributed by atoms with Gasteiger partial charge in [-0.25, -0.2) is 18.5 Å². The molecule has 6 rings (SSSR count). The summed E-state index contributed by atoms with van der Waals surface area (Å²) >= 11 is 9.73. The van der Waals surface area contributed by atoms with Crippen molar-refractivity contribution >= 4 is 72.6 Å². The van der Waals surface area contributed by atoms with Crippen molar-refractivity contribution < 1.29 is 9.18 Å². The monoisotopic (exact) mass is 705 g/mol. The van der Waals surface area contributed by atoms with Crippen LogP contribution in [0, 0.1) is 5.82 Å². The molecule has 15 heteroatoms. The number of nitrogens with zero attached hydrogens (tertiary/aromatic N) is 8. The van der Waals surface area contributed by atoms with E-state index < -0.39 is 23.1 Å². The van der Waals surface area contributed by atoms with E-state index in [0.29, 0.717) is 38.5 Å². The number of aromatic nitrogens is 6. The van der Waals surface area contributed by atoms with E-state index >= 15 is 4.39 Å². The minimum absolute atomic E-state index is 0.0829. The normalized spacial score (nSPS) is 11.3. The summed E-state index contributed by atoms with van der Waals surface area (Å²) in [5.41, 5.74) is -0.838. The van der Waals surface area contributed by atoms with Crippen molar-refractivity contribution in [3.05, 3.63) is 103 Å². The number of nitrogens with one attached hydrogen (secondary N) is 1. The van der Waals surface area contributed by atoms with Crippen molar-refractivity contribution in [2.75, 3.05) is 43.3 Å². The van der Waals surface area contributed by atoms with E-state index in [1.807, 2.05) is 12.1 Å². The maximum absolute atomic E-state index is 16.1. The second-order valence-electron chi connectivity index (χ2n) is 10.8. The zero-order valence-electron chi connectivity index (χ0n) is 25.2. The van der Waals surface area contributed by atoms with Crippen LogP contribution in [0.1, 0.15) is 10.5 Å². The number of rotatable bonds is 6. The molecule has 0 aliphatic carbocycles. The summed E-state index contributed by atoms with van der Waals surface area (Å²) in [6.07, 6.45) is 0. The maximum atomic E-state index is 16.1. The average molecular weight is 707 g/mol. The van der Waals surface area contributed by atoms with Gasteiger partial charge in [-0.2, -0.15) is 15.1 Å². The Labute approximate surface area is 274 Å². The SMILES string of the molecule is CN(C)c1nc(=O)n(-c2cccc(NC(=O)c3cc(-n4c(=O)nc(N(C)C)c5ccc(Br)cc54)n(C)n3)c2F)c2cc(Cl)ccc12. The molecule has 0 atom stereocenters. The molecule has 12 nitrogen and oxygen atoms in total. The van der Waals surface area contributed by atoms with E-state index in [4.69, 9.17) is 11.6 Å². The first-order chi connectivity index (χ1) is 21.8. The molecule has 3 aromatic heterocycles. The predicted molar refractivity (Wildman–Crippen MR) is 181 cm³/mol. The third-order valence-electron chi connectivity index (χ3n) is 7.30. The molecule has 1 N–H and O–H groups in total. The Balaban J connectivity index is 1.41. The Morgan fingerprint density at radius 2 is 1.48 bits per heavy atom. The topological polar surface area (TPSA) is 123 Å². The number of carbonyl (C=O) groups excluding carboxylic acids is 1. The van der Waals surface area contributed by atoms with Crippen LogP contribution in [-0.4, -0.2) is 63.0 Å². The Kier molecular flexibility index (Phi) is 7.86. The first-order valence-electron chi connectivity index (χ1n) is 13.8. The summed E-state index contributed by atoms with van der Waals surface area (Å²) in [5, 5.41) is 8.47. The van der Waals surface area contributed by atoms with Gasteiger partial charge in [-0.3, -0.25) is 14.0 Å². The van der Waals surface area contributed by atoms with Crippen LogP contribution >= 0.6 is 27.5 Å². The average Bonchev–Trinajstić information content (AvgIpc) is 3.38. The molecule has 0 saturated heterocycles. The molecule has 0 radical (unpaired) electrons. The van der Waals surface area contributed by atoms with Crippen LogP contribution in [0.25, 0.3) is 33.3 Å². The van der Waals surface area contributed by atoms with Crippen molar-refractivity contribution in [1.29, 1.82) is 0 Å². The minimum Gasteiger partial charge on any atom is -0.362 e. The highest BCUT2D eigenvalue weighted by Gasteiger charge is 2.22. The van der Waals surface area contributed by atoms with E-state index in [9.17, 15) is 14.4 Å². The lowest BCUT2D eigenvalue weighted by Gasteiger charge is -2.18. The third-order valence-corrected chi connectivity index (χ3v) is 8.03. The maximum Gasteiger partial charge on any atom is 0.355 e. The summed E-state index contributed by atoms with van der Waals surface area (Å²) in [6.45, 7) is 0. The molecule has 0 fully saturated rings. The number of fused-ring (bicyclic) bond motifs is 2. The van der Waals surface area contributed by atoms with Crippen molar-refractivity contribution in [3.63, 3.8) is 0 Å². The van der Waals surface area contributed by atoms with Gasteiger partial charge < -0.3 is 15.1 Å². The van der Waals surface area contributed by atoms with E-state index in [0.717, 1.165) is 9.04 Å². The first-order valence-corrected chi connectivity index (χ1v) is 15.0. The molecule has 1 amide bonds. The van der Waals surface area contributed by atoms with Crippen LogP contribution in [0.3, 0.4) is 0 Å². The molecule has 0 saturated carbocycles. The smallest absolute Gasteiger partial charge is 0.355 e. The Morgan fingerprint density at radius 3 is 2.13 bits per heavy atom. The predicted octanol–water partition coefficient (Wildman–Crippen LogP) is 4.76. The van der Waals surface area contributed by atoms with Crippen LogP contribution in [-0.2, 0) is 7.05 Å². The van der Waals surface area contributed by atoms with E-state index in [-0.39, 0.29) is 22.9 Å². The number of hydrogen-bond acceptors (Lipinski definition) is 8. The van der Waals surface area contributed by atoms with Crippen LogP contribution in [0.2, 0.25) is 5.02 Å². The van der Waals surface area contributed by atoms with Gasteiger partial charge in [0.2, 0.25) is 0 Å². The van der Waals surface area contributed by atoms with Crippen molar-refractivity contribution in [3.8, 4) is 11.5 Å². The molecule has 0 aliphatic rings. The number of halogens is 3. The number of aryl methyl sites for hydroxylation is 1. The van der Waals surface area contributed by atoms with Crippen LogP contribution in [0.4, 0.5) is 21.7 Å². The molecule has 6 aromatic rings. The number of carbonyl (C=O) groups is 1. The summed E-state index contributed by atoms with van der Waals surface area (Å²) in [6, 6.07) is 16.1. The standard InChI is InChI=1S/C31H26BrClFN9O3/c1-39(2)27-18-11-9-16(32)13-23(18)43(31(46)37-27)25-15-21(38-41(25)5)29(44)35-20-7-6-8-22(26(20)34)42-24-14-17(33)10-12-19(24)28(40(3)4)36-30(42)45/h6-15H,1-5H3,(H,35,44). The molecule has 3 aromatic carbocycles. The molecular formula is C31H26BrClFN9O3. The largest absolute Gasteiger partial charge is 0.362 e. The summed E-state index contributed by atoms with van der Waals surface area (Å²) in [7, 11) is 8.64. The van der Waals surface area contributed by atoms with Crippen LogP contribution in [0.15, 0.2) is 74.7 Å². The van der Waals surface area contributed by atoms with E-state index in [1.165, 1.54) is 33.5 Å². The zero-order chi connectivity index (χ0) is 33.0. The molecule has 0 unspecified atom stereocenters. The minimum atomic E-state index is -0.870. The van der Waals surface area contributed by atoms with Gasteiger partial charge in [-0.1, -0.05) is 33.6 Å². The number of benzene rings is 3. The van der Waals surface area contributed by atoms with Crippen molar-refractivity contribution in [1.82, 2.24) is 28.9 Å². The third kappa shape index (κ3) is 5.28. The Morgan fingerprint density at radius 1 is 0.870 bits per heavy atom. The highest BCUT2D eigenvalue weighted by Crippen LogP contribution is 2.30. The lowest BCUT2D eigenvalue weighted by atomic mass is 10.2. The number of hydrogen-bond donors (Lipinski definition) is 1. The summed E-state index contributed by atoms with van der Waals surface area (Å²) < 4.78 is 20.7. The first kappa shape index (κ1) is 30.9. The van der Waals surface area contributed by atoms with Gasteiger partial charge in [0.15, 0.2) is 11.5 Å². The lowest BCUT2D eigenvalue weighted by Crippen LogP contribution is -2.27. The number of amides is 1. The molecule has 0 spiro atoms. The molecule has 3 heterocycles. The summed E-state index contributed by atoms with van der Waals surface area (Å²) in [5.74, 6) is -0.456. The van der Waals surface area contributed by atoms with Gasteiger partial charge in [-0.15, -0.1) is 0 Å². The fourth-order valence-electron chi connectivity index (χ4n) is 5.25. The number of anilines is 3. The molecular weight excluding hydrogens is 681 g/mol. The van der Waals surface area contributed by atoms with Gasteiger partial charge in [0.1, 0.15) is 17.5 Å². The second-order valence-corrected chi connectivity index (χ2v) is 12.2. The molecule has 234 valence electrons. The molecule has 0 bridgehead atoms. The fourth-order valence-corrected chi connectivity index (χ4v) is 5.77. The summed E-state index contributed by atoms with van der Waals surface area (Å²) in [4.78, 5) is 51.8. The van der Waals surface area contributed by atoms with Gasteiger partial charge >= 0.3 is 11.4 Å². The van der Waals surface area contributed by atoms with E-state index in [2.05, 4.69) is 36.3 Å². The van der Waals surface area contributed by atoms with Crippen LogP contribution in [0.5, 0.6) is 0 Å². The van der Waals surface area contributed by atoms with Gasteiger partial charge in [0, 0.05) is 61.6 Å². The van der Waals surface area contributed by atoms with Gasteiger partial charge in [0.05, 0.1) is 22.4 Å². The van der Waals surface area contributed by atoms with Crippen LogP contribution < -0.4 is 26.5 Å².